The number of ether oxygens (including phenoxy) is 2. The highest BCUT2D eigenvalue weighted by molar-refractivity contribution is 7.22. The van der Waals surface area contributed by atoms with Gasteiger partial charge in [0.2, 0.25) is 11.8 Å². The number of aliphatic hydroxyl groups excluding tert-OH is 1. The van der Waals surface area contributed by atoms with Gasteiger partial charge in [-0.1, -0.05) is 162 Å². The predicted molar refractivity (Wildman–Crippen MR) is 287 cm³/mol. The van der Waals surface area contributed by atoms with Crippen LogP contribution in [-0.4, -0.2) is 73.1 Å². The molecule has 7 aromatic carbocycles. The van der Waals surface area contributed by atoms with Gasteiger partial charge in [0.1, 0.15) is 42.0 Å². The van der Waals surface area contributed by atoms with E-state index in [1.807, 2.05) is 157 Å². The second-order valence-electron chi connectivity index (χ2n) is 18.8. The van der Waals surface area contributed by atoms with Crippen molar-refractivity contribution in [2.24, 2.45) is 5.92 Å². The molecule has 4 amide bonds. The Morgan fingerprint density at radius 3 is 2.25 bits per heavy atom. The molecule has 5 heterocycles. The molecule has 0 radical (unpaired) electrons. The van der Waals surface area contributed by atoms with E-state index in [0.29, 0.717) is 33.5 Å². The van der Waals surface area contributed by atoms with Crippen molar-refractivity contribution in [3.05, 3.63) is 215 Å². The number of carbonyl (C=O) groups is 4. The zero-order chi connectivity index (χ0) is 51.9. The Morgan fingerprint density at radius 1 is 0.803 bits per heavy atom. The van der Waals surface area contributed by atoms with Gasteiger partial charge in [0.15, 0.2) is 5.13 Å². The maximum atomic E-state index is 17.0. The van der Waals surface area contributed by atoms with Crippen molar-refractivity contribution in [1.82, 2.24) is 30.2 Å². The van der Waals surface area contributed by atoms with E-state index in [9.17, 15) is 5.11 Å². The van der Waals surface area contributed by atoms with Crippen LogP contribution in [0, 0.1) is 17.8 Å². The summed E-state index contributed by atoms with van der Waals surface area (Å²) < 4.78 is 15.6. The molecular weight excluding hydrogens is 977 g/mol. The lowest BCUT2D eigenvalue weighted by atomic mass is 9.65. The number of imide groups is 1. The maximum absolute atomic E-state index is 17.0. The monoisotopic (exact) mass is 1020 g/mol. The van der Waals surface area contributed by atoms with Crippen molar-refractivity contribution in [2.75, 3.05) is 23.4 Å². The van der Waals surface area contributed by atoms with Gasteiger partial charge < -0.3 is 25.2 Å². The number of thiazole rings is 1. The Morgan fingerprint density at radius 2 is 1.49 bits per heavy atom. The molecule has 9 aromatic rings. The molecule has 16 heteroatoms. The first-order valence-corrected chi connectivity index (χ1v) is 25.7. The summed E-state index contributed by atoms with van der Waals surface area (Å²) in [7, 11) is 0. The van der Waals surface area contributed by atoms with E-state index in [0.717, 1.165) is 26.2 Å². The predicted octanol–water partition coefficient (Wildman–Crippen LogP) is 9.24. The smallest absolute Gasteiger partial charge is 0.329 e. The molecule has 2 aromatic heterocycles. The molecule has 15 nitrogen and oxygen atoms in total. The number of nitrogens with one attached hydrogen (secondary N) is 2. The van der Waals surface area contributed by atoms with Gasteiger partial charge >= 0.3 is 12.0 Å². The molecule has 2 saturated heterocycles. The minimum atomic E-state index is -2.13. The fourth-order valence-electron chi connectivity index (χ4n) is 11.4. The quantitative estimate of drug-likeness (QED) is 0.0830. The number of morpholine rings is 1. The molecule has 0 bridgehead atoms. The number of hydrogen-bond donors (Lipinski definition) is 3. The number of benzene rings is 7. The SMILES string of the molecule is C[C@@H](NC(=O)N1C(=O)[C@@]2(c3cc(C#CCn4nnc5ccccc54)ccc31)[C@H](C(=O)Nc1nc3ccccc3s1)[C@H]1C(=O)O[C@H](c3ccccc3)[C@H](c3ccccc3)N1[C@@H]2c1ccccc1OCCO)c1ccccc1. The van der Waals surface area contributed by atoms with E-state index in [2.05, 4.69) is 32.8 Å². The average molecular weight is 1030 g/mol. The summed E-state index contributed by atoms with van der Waals surface area (Å²) >= 11 is 1.25. The molecule has 2 fully saturated rings. The number of hydrogen-bond acceptors (Lipinski definition) is 12. The number of esters is 1. The van der Waals surface area contributed by atoms with Gasteiger partial charge in [-0.25, -0.2) is 19.4 Å². The Kier molecular flexibility index (Phi) is 12.6. The molecule has 1 spiro atoms. The third-order valence-corrected chi connectivity index (χ3v) is 15.5. The van der Waals surface area contributed by atoms with Crippen molar-refractivity contribution in [3.8, 4) is 17.6 Å². The van der Waals surface area contributed by atoms with Crippen LogP contribution in [0.15, 0.2) is 182 Å². The van der Waals surface area contributed by atoms with E-state index in [4.69, 9.17) is 14.5 Å². The first-order valence-electron chi connectivity index (χ1n) is 24.9. The number of rotatable bonds is 11. The lowest BCUT2D eigenvalue weighted by molar-refractivity contribution is -0.177. The molecule has 0 aliphatic carbocycles. The fourth-order valence-corrected chi connectivity index (χ4v) is 12.3. The molecule has 376 valence electrons. The van der Waals surface area contributed by atoms with Crippen LogP contribution < -0.4 is 20.3 Å². The fraction of sp³-hybridized carbons (Fsp3) is 0.183. The van der Waals surface area contributed by atoms with Crippen LogP contribution in [0.25, 0.3) is 21.3 Å². The number of anilines is 2. The third kappa shape index (κ3) is 8.21. The summed E-state index contributed by atoms with van der Waals surface area (Å²) in [5, 5.41) is 25.2. The minimum Gasteiger partial charge on any atom is -0.491 e. The lowest BCUT2D eigenvalue weighted by Crippen LogP contribution is -2.55. The lowest BCUT2D eigenvalue weighted by Gasteiger charge is -2.46. The summed E-state index contributed by atoms with van der Waals surface area (Å²) in [6.45, 7) is 1.55. The van der Waals surface area contributed by atoms with Crippen LogP contribution in [0.1, 0.15) is 64.5 Å². The van der Waals surface area contributed by atoms with Gasteiger partial charge in [-0.3, -0.25) is 19.3 Å². The van der Waals surface area contributed by atoms with Gasteiger partial charge in [0, 0.05) is 11.1 Å². The Balaban J connectivity index is 1.13. The highest BCUT2D eigenvalue weighted by atomic mass is 32.1. The molecule has 12 rings (SSSR count). The molecule has 7 atom stereocenters. The number of cyclic esters (lactones) is 1. The van der Waals surface area contributed by atoms with E-state index in [1.54, 1.807) is 41.1 Å². The van der Waals surface area contributed by atoms with Crippen LogP contribution in [0.3, 0.4) is 0 Å². The van der Waals surface area contributed by atoms with Crippen molar-refractivity contribution in [1.29, 1.82) is 0 Å². The van der Waals surface area contributed by atoms with Crippen molar-refractivity contribution in [2.45, 2.75) is 49.2 Å². The number of para-hydroxylation sites is 3. The van der Waals surface area contributed by atoms with Gasteiger partial charge in [-0.15, -0.1) is 5.10 Å². The largest absolute Gasteiger partial charge is 0.491 e. The Bertz CT molecular complexity index is 3720. The maximum Gasteiger partial charge on any atom is 0.329 e. The van der Waals surface area contributed by atoms with Gasteiger partial charge in [-0.2, -0.15) is 0 Å². The zero-order valence-electron chi connectivity index (χ0n) is 40.9. The normalized spacial score (nSPS) is 21.1. The van der Waals surface area contributed by atoms with E-state index >= 15 is 19.2 Å². The highest BCUT2D eigenvalue weighted by Gasteiger charge is 2.76. The number of aliphatic hydroxyl groups is 1. The molecular formula is C60H48N8O7S. The molecule has 76 heavy (non-hydrogen) atoms. The molecule has 0 unspecified atom stereocenters. The molecule has 3 N–H and O–H groups in total. The molecule has 3 aliphatic rings. The minimum absolute atomic E-state index is 0.115. The van der Waals surface area contributed by atoms with Crippen molar-refractivity contribution in [3.63, 3.8) is 0 Å². The van der Waals surface area contributed by atoms with Crippen LogP contribution in [0.5, 0.6) is 5.75 Å². The highest BCUT2D eigenvalue weighted by Crippen LogP contribution is 2.67. The Hall–Kier alpha value is -9.01. The zero-order valence-corrected chi connectivity index (χ0v) is 41.7. The number of fused-ring (bicyclic) bond motifs is 5. The van der Waals surface area contributed by atoms with E-state index in [1.165, 1.54) is 11.3 Å². The topological polar surface area (TPSA) is 181 Å². The Labute approximate surface area is 440 Å². The number of nitrogens with zero attached hydrogens (tertiary/aromatic N) is 6. The number of amides is 4. The van der Waals surface area contributed by atoms with Crippen LogP contribution in [0.2, 0.25) is 0 Å². The second kappa shape index (κ2) is 20.0. The van der Waals surface area contributed by atoms with E-state index in [-0.39, 0.29) is 36.1 Å². The standard InChI is InChI=1S/C60H48N8O7S/c1-37(39-19-5-2-6-20-39)61-59(73)67-46-32-31-38(18-17-33-66-47-28-14-12-26-44(47)64-65-66)36-43(46)60(57(67)72)50(55(70)63-58-62-45-27-13-16-30-49(45)76-58)52-56(71)75-53(41-23-9-4-10-24-41)51(40-21-7-3-8-22-40)68(52)54(60)42-25-11-15-29-48(42)74-35-34-69/h2-16,19-32,36-37,50-54,69H,33-35H2,1H3,(H,61,73)(H,62,63,70)/t37-,50+,51+,52+,53-,54-,60+/m1/s1. The van der Waals surface area contributed by atoms with Crippen molar-refractivity contribution < 1.29 is 33.8 Å². The average Bonchev–Trinajstić information content (AvgIpc) is 4.08. The third-order valence-electron chi connectivity index (χ3n) is 14.6. The first kappa shape index (κ1) is 48.0. The van der Waals surface area contributed by atoms with Crippen LogP contribution in [0.4, 0.5) is 15.6 Å². The summed E-state index contributed by atoms with van der Waals surface area (Å²) in [6.07, 6.45) is -0.962. The summed E-state index contributed by atoms with van der Waals surface area (Å²) in [5.41, 5.74) is 3.56. The van der Waals surface area contributed by atoms with Gasteiger partial charge in [-0.05, 0) is 77.7 Å². The molecule has 3 aliphatic heterocycles. The van der Waals surface area contributed by atoms with Crippen LogP contribution >= 0.6 is 11.3 Å². The summed E-state index contributed by atoms with van der Waals surface area (Å²) in [6, 6.07) is 50.7. The molecule has 0 saturated carbocycles. The summed E-state index contributed by atoms with van der Waals surface area (Å²) in [4.78, 5) is 72.1. The van der Waals surface area contributed by atoms with E-state index < -0.39 is 65.4 Å². The van der Waals surface area contributed by atoms with Gasteiger partial charge in [0.05, 0.1) is 52.1 Å². The summed E-state index contributed by atoms with van der Waals surface area (Å²) in [5.74, 6) is 2.97. The number of aromatic nitrogens is 4. The first-order chi connectivity index (χ1) is 37.2. The second-order valence-corrected chi connectivity index (χ2v) is 19.9. The number of carbonyl (C=O) groups excluding carboxylic acids is 4. The van der Waals surface area contributed by atoms with Crippen molar-refractivity contribution >= 4 is 67.2 Å². The number of urea groups is 1. The van der Waals surface area contributed by atoms with Gasteiger partial charge in [0.25, 0.3) is 0 Å². The van der Waals surface area contributed by atoms with Crippen LogP contribution in [-0.2, 0) is 31.1 Å².